The first kappa shape index (κ1) is 12.6. The molecule has 0 amide bonds. The standard InChI is InChI=1S/C12H13ClO3/c1-2-9(12(14)15)6-7-16-11-5-3-4-10(13)8-11/h3-6,8H,2,7H2,1H3,(H,14,15). The van der Waals surface area contributed by atoms with Gasteiger partial charge in [0.15, 0.2) is 0 Å². The molecule has 0 saturated heterocycles. The second-order valence-electron chi connectivity index (χ2n) is 3.16. The maximum atomic E-state index is 10.7. The Kier molecular flexibility index (Phi) is 4.86. The molecular weight excluding hydrogens is 228 g/mol. The van der Waals surface area contributed by atoms with Gasteiger partial charge in [-0.2, -0.15) is 0 Å². The molecule has 0 atom stereocenters. The maximum Gasteiger partial charge on any atom is 0.331 e. The smallest absolute Gasteiger partial charge is 0.331 e. The van der Waals surface area contributed by atoms with E-state index >= 15 is 0 Å². The molecule has 0 unspecified atom stereocenters. The Bertz CT molecular complexity index is 399. The summed E-state index contributed by atoms with van der Waals surface area (Å²) in [6.45, 7) is 2.02. The third-order valence-electron chi connectivity index (χ3n) is 2.03. The molecule has 0 aliphatic carbocycles. The predicted molar refractivity (Wildman–Crippen MR) is 63.0 cm³/mol. The lowest BCUT2D eigenvalue weighted by molar-refractivity contribution is -0.132. The minimum absolute atomic E-state index is 0.232. The molecular formula is C12H13ClO3. The summed E-state index contributed by atoms with van der Waals surface area (Å²) in [5, 5.41) is 9.36. The number of carbonyl (C=O) groups is 1. The van der Waals surface area contributed by atoms with E-state index < -0.39 is 5.97 Å². The predicted octanol–water partition coefficient (Wildman–Crippen LogP) is 3.14. The Morgan fingerprint density at radius 3 is 2.88 bits per heavy atom. The van der Waals surface area contributed by atoms with Crippen LogP contribution in [0.2, 0.25) is 5.02 Å². The fourth-order valence-corrected chi connectivity index (χ4v) is 1.36. The second kappa shape index (κ2) is 6.18. The summed E-state index contributed by atoms with van der Waals surface area (Å²) < 4.78 is 5.35. The van der Waals surface area contributed by atoms with Crippen molar-refractivity contribution < 1.29 is 14.6 Å². The van der Waals surface area contributed by atoms with Crippen LogP contribution in [0, 0.1) is 0 Å². The Morgan fingerprint density at radius 1 is 1.56 bits per heavy atom. The van der Waals surface area contributed by atoms with Crippen molar-refractivity contribution >= 4 is 17.6 Å². The van der Waals surface area contributed by atoms with E-state index in [1.54, 1.807) is 37.3 Å². The zero-order chi connectivity index (χ0) is 12.0. The van der Waals surface area contributed by atoms with Crippen LogP contribution in [-0.2, 0) is 4.79 Å². The minimum Gasteiger partial charge on any atom is -0.489 e. The highest BCUT2D eigenvalue weighted by atomic mass is 35.5. The van der Waals surface area contributed by atoms with Gasteiger partial charge in [-0.05, 0) is 30.7 Å². The van der Waals surface area contributed by atoms with Crippen molar-refractivity contribution in [1.29, 1.82) is 0 Å². The highest BCUT2D eigenvalue weighted by Gasteiger charge is 2.03. The van der Waals surface area contributed by atoms with E-state index in [4.69, 9.17) is 21.4 Å². The highest BCUT2D eigenvalue weighted by Crippen LogP contribution is 2.17. The van der Waals surface area contributed by atoms with E-state index in [1.165, 1.54) is 0 Å². The molecule has 0 bridgehead atoms. The summed E-state index contributed by atoms with van der Waals surface area (Å²) in [6.07, 6.45) is 2.04. The summed E-state index contributed by atoms with van der Waals surface area (Å²) >= 11 is 5.77. The van der Waals surface area contributed by atoms with Gasteiger partial charge in [0.25, 0.3) is 0 Å². The van der Waals surface area contributed by atoms with E-state index in [9.17, 15) is 4.79 Å². The number of halogens is 1. The van der Waals surface area contributed by atoms with Crippen LogP contribution in [0.3, 0.4) is 0 Å². The number of aliphatic carboxylic acids is 1. The van der Waals surface area contributed by atoms with Gasteiger partial charge >= 0.3 is 5.97 Å². The lowest BCUT2D eigenvalue weighted by atomic mass is 10.2. The van der Waals surface area contributed by atoms with Crippen molar-refractivity contribution in [3.63, 3.8) is 0 Å². The van der Waals surface area contributed by atoms with Gasteiger partial charge in [0.05, 0.1) is 0 Å². The molecule has 1 aromatic carbocycles. The molecule has 1 rings (SSSR count). The average Bonchev–Trinajstić information content (AvgIpc) is 2.24. The van der Waals surface area contributed by atoms with E-state index in [1.807, 2.05) is 0 Å². The van der Waals surface area contributed by atoms with E-state index in [-0.39, 0.29) is 6.61 Å². The molecule has 16 heavy (non-hydrogen) atoms. The van der Waals surface area contributed by atoms with E-state index in [2.05, 4.69) is 0 Å². The van der Waals surface area contributed by atoms with Crippen LogP contribution in [0.4, 0.5) is 0 Å². The number of hydrogen-bond acceptors (Lipinski definition) is 2. The lowest BCUT2D eigenvalue weighted by Gasteiger charge is -2.04. The fourth-order valence-electron chi connectivity index (χ4n) is 1.18. The molecule has 0 heterocycles. The number of benzene rings is 1. The van der Waals surface area contributed by atoms with Gasteiger partial charge in [-0.1, -0.05) is 24.6 Å². The topological polar surface area (TPSA) is 46.5 Å². The van der Waals surface area contributed by atoms with Crippen LogP contribution in [0.15, 0.2) is 35.9 Å². The number of carboxylic acids is 1. The summed E-state index contributed by atoms with van der Waals surface area (Å²) in [7, 11) is 0. The number of ether oxygens (including phenoxy) is 1. The summed E-state index contributed by atoms with van der Waals surface area (Å²) in [6, 6.07) is 6.98. The highest BCUT2D eigenvalue weighted by molar-refractivity contribution is 6.30. The van der Waals surface area contributed by atoms with Crippen LogP contribution >= 0.6 is 11.6 Å². The fraction of sp³-hybridized carbons (Fsp3) is 0.250. The Morgan fingerprint density at radius 2 is 2.31 bits per heavy atom. The second-order valence-corrected chi connectivity index (χ2v) is 3.59. The Labute approximate surface area is 99.3 Å². The maximum absolute atomic E-state index is 10.7. The van der Waals surface area contributed by atoms with Crippen molar-refractivity contribution in [2.45, 2.75) is 13.3 Å². The summed E-state index contributed by atoms with van der Waals surface area (Å²) in [5.41, 5.74) is 0.349. The summed E-state index contributed by atoms with van der Waals surface area (Å²) in [5.74, 6) is -0.276. The van der Waals surface area contributed by atoms with Gasteiger partial charge in [0.1, 0.15) is 12.4 Å². The van der Waals surface area contributed by atoms with Crippen molar-refractivity contribution in [3.05, 3.63) is 40.9 Å². The molecule has 1 N–H and O–H groups in total. The molecule has 3 nitrogen and oxygen atoms in total. The molecule has 0 radical (unpaired) electrons. The molecule has 0 aliphatic heterocycles. The van der Waals surface area contributed by atoms with Crippen molar-refractivity contribution in [3.8, 4) is 5.75 Å². The first-order valence-corrected chi connectivity index (χ1v) is 5.32. The zero-order valence-electron chi connectivity index (χ0n) is 8.94. The molecule has 4 heteroatoms. The van der Waals surface area contributed by atoms with Crippen LogP contribution < -0.4 is 4.74 Å². The quantitative estimate of drug-likeness (QED) is 0.805. The van der Waals surface area contributed by atoms with E-state index in [0.717, 1.165) is 0 Å². The zero-order valence-corrected chi connectivity index (χ0v) is 9.70. The van der Waals surface area contributed by atoms with Gasteiger partial charge in [-0.3, -0.25) is 0 Å². The molecule has 86 valence electrons. The average molecular weight is 241 g/mol. The molecule has 0 aromatic heterocycles. The Balaban J connectivity index is 2.55. The lowest BCUT2D eigenvalue weighted by Crippen LogP contribution is -2.02. The van der Waals surface area contributed by atoms with Crippen LogP contribution in [0.1, 0.15) is 13.3 Å². The first-order valence-electron chi connectivity index (χ1n) is 4.94. The van der Waals surface area contributed by atoms with Gasteiger partial charge in [0.2, 0.25) is 0 Å². The van der Waals surface area contributed by atoms with Crippen LogP contribution in [0.5, 0.6) is 5.75 Å². The minimum atomic E-state index is -0.905. The molecule has 0 saturated carbocycles. The van der Waals surface area contributed by atoms with Crippen LogP contribution in [0.25, 0.3) is 0 Å². The SMILES string of the molecule is CCC(=CCOc1cccc(Cl)c1)C(=O)O. The molecule has 0 aliphatic rings. The molecule has 0 spiro atoms. The monoisotopic (exact) mass is 240 g/mol. The first-order chi connectivity index (χ1) is 7.63. The van der Waals surface area contributed by atoms with Crippen molar-refractivity contribution in [2.24, 2.45) is 0 Å². The normalized spacial score (nSPS) is 11.2. The number of carboxylic acid groups (broad SMARTS) is 1. The Hall–Kier alpha value is -1.48. The molecule has 0 fully saturated rings. The third kappa shape index (κ3) is 3.95. The van der Waals surface area contributed by atoms with Crippen LogP contribution in [-0.4, -0.2) is 17.7 Å². The van der Waals surface area contributed by atoms with Gasteiger partial charge in [0, 0.05) is 10.6 Å². The van der Waals surface area contributed by atoms with Gasteiger partial charge < -0.3 is 9.84 Å². The number of hydrogen-bond donors (Lipinski definition) is 1. The van der Waals surface area contributed by atoms with Gasteiger partial charge in [-0.15, -0.1) is 0 Å². The largest absolute Gasteiger partial charge is 0.489 e. The molecule has 1 aromatic rings. The van der Waals surface area contributed by atoms with Crippen molar-refractivity contribution in [1.82, 2.24) is 0 Å². The van der Waals surface area contributed by atoms with E-state index in [0.29, 0.717) is 22.8 Å². The number of rotatable bonds is 5. The third-order valence-corrected chi connectivity index (χ3v) is 2.27. The van der Waals surface area contributed by atoms with Crippen molar-refractivity contribution in [2.75, 3.05) is 6.61 Å². The van der Waals surface area contributed by atoms with Gasteiger partial charge in [-0.25, -0.2) is 4.79 Å². The summed E-state index contributed by atoms with van der Waals surface area (Å²) in [4.78, 5) is 10.7.